The van der Waals surface area contributed by atoms with Crippen molar-refractivity contribution in [3.63, 3.8) is 0 Å². The van der Waals surface area contributed by atoms with Gasteiger partial charge >= 0.3 is 17.9 Å². The largest absolute Gasteiger partial charge is 0.478 e. The molecule has 1 saturated carbocycles. The molecule has 1 aliphatic carbocycles. The van der Waals surface area contributed by atoms with E-state index in [9.17, 15) is 24.6 Å². The van der Waals surface area contributed by atoms with Gasteiger partial charge in [-0.1, -0.05) is 78.7 Å². The van der Waals surface area contributed by atoms with Crippen molar-refractivity contribution in [1.29, 1.82) is 0 Å². The third-order valence-electron chi connectivity index (χ3n) is 6.58. The summed E-state index contributed by atoms with van der Waals surface area (Å²) < 4.78 is 0. The summed E-state index contributed by atoms with van der Waals surface area (Å²) in [7, 11) is 0. The topological polar surface area (TPSA) is 112 Å². The fraction of sp³-hybridized carbons (Fsp3) is 0.679. The minimum absolute atomic E-state index is 0.186. The number of carboxylic acids is 3. The normalized spacial score (nSPS) is 16.1. The van der Waals surface area contributed by atoms with Crippen molar-refractivity contribution in [1.82, 2.24) is 0 Å². The van der Waals surface area contributed by atoms with E-state index in [1.807, 2.05) is 6.92 Å². The van der Waals surface area contributed by atoms with Crippen LogP contribution in [0.15, 0.2) is 34.9 Å². The summed E-state index contributed by atoms with van der Waals surface area (Å²) in [6.45, 7) is 11.4. The van der Waals surface area contributed by atoms with Gasteiger partial charge < -0.3 is 15.3 Å². The molecule has 34 heavy (non-hydrogen) atoms. The molecule has 1 fully saturated rings. The summed E-state index contributed by atoms with van der Waals surface area (Å²) in [5.41, 5.74) is 1.69. The summed E-state index contributed by atoms with van der Waals surface area (Å²) in [6, 6.07) is 0. The van der Waals surface area contributed by atoms with Gasteiger partial charge in [0.1, 0.15) is 0 Å². The summed E-state index contributed by atoms with van der Waals surface area (Å²) in [5.74, 6) is -2.05. The van der Waals surface area contributed by atoms with Crippen LogP contribution in [0.1, 0.15) is 111 Å². The molecule has 0 saturated heterocycles. The van der Waals surface area contributed by atoms with E-state index in [2.05, 4.69) is 20.4 Å². The van der Waals surface area contributed by atoms with Crippen LogP contribution >= 0.6 is 0 Å². The monoisotopic (exact) mass is 478 g/mol. The van der Waals surface area contributed by atoms with Crippen LogP contribution in [-0.2, 0) is 14.4 Å². The van der Waals surface area contributed by atoms with Crippen molar-refractivity contribution in [2.24, 2.45) is 11.8 Å². The minimum atomic E-state index is -0.952. The van der Waals surface area contributed by atoms with E-state index in [1.165, 1.54) is 19.3 Å². The van der Waals surface area contributed by atoms with Gasteiger partial charge in [-0.2, -0.15) is 0 Å². The second kappa shape index (κ2) is 18.0. The van der Waals surface area contributed by atoms with Crippen molar-refractivity contribution in [3.8, 4) is 0 Å². The fourth-order valence-electron chi connectivity index (χ4n) is 4.24. The van der Waals surface area contributed by atoms with E-state index < -0.39 is 17.9 Å². The average molecular weight is 479 g/mol. The zero-order chi connectivity index (χ0) is 26.1. The molecule has 0 radical (unpaired) electrons. The predicted octanol–water partition coefficient (Wildman–Crippen LogP) is 7.40. The summed E-state index contributed by atoms with van der Waals surface area (Å²) in [4.78, 5) is 33.2. The van der Waals surface area contributed by atoms with Gasteiger partial charge in [-0.3, -0.25) is 0 Å². The first-order valence-electron chi connectivity index (χ1n) is 12.9. The molecule has 0 spiro atoms. The highest BCUT2D eigenvalue weighted by molar-refractivity contribution is 5.90. The van der Waals surface area contributed by atoms with Crippen LogP contribution in [0.25, 0.3) is 0 Å². The van der Waals surface area contributed by atoms with Crippen molar-refractivity contribution >= 4 is 17.9 Å². The van der Waals surface area contributed by atoms with E-state index in [1.54, 1.807) is 13.0 Å². The molecule has 3 N–H and O–H groups in total. The highest BCUT2D eigenvalue weighted by atomic mass is 16.4. The van der Waals surface area contributed by atoms with Gasteiger partial charge in [-0.05, 0) is 62.5 Å². The van der Waals surface area contributed by atoms with Crippen LogP contribution < -0.4 is 0 Å². The Bertz CT molecular complexity index is 725. The van der Waals surface area contributed by atoms with Crippen LogP contribution in [0.2, 0.25) is 0 Å². The molecule has 0 aromatic carbocycles. The fourth-order valence-corrected chi connectivity index (χ4v) is 4.24. The maximum Gasteiger partial charge on any atom is 0.331 e. The Morgan fingerprint density at radius 2 is 1.50 bits per heavy atom. The Balaban J connectivity index is 0.000000722. The summed E-state index contributed by atoms with van der Waals surface area (Å²) >= 11 is 0. The Morgan fingerprint density at radius 1 is 0.912 bits per heavy atom. The second-order valence-corrected chi connectivity index (χ2v) is 9.33. The van der Waals surface area contributed by atoms with E-state index in [4.69, 9.17) is 5.11 Å². The van der Waals surface area contributed by atoms with E-state index in [-0.39, 0.29) is 11.5 Å². The van der Waals surface area contributed by atoms with E-state index in [0.717, 1.165) is 56.9 Å². The number of unbranched alkanes of at least 4 members (excludes halogenated alkanes) is 2. The molecule has 6 nitrogen and oxygen atoms in total. The quantitative estimate of drug-likeness (QED) is 0.177. The molecular weight excluding hydrogens is 432 g/mol. The number of carboxylic acid groups (broad SMARTS) is 3. The number of hydrogen-bond acceptors (Lipinski definition) is 3. The summed E-state index contributed by atoms with van der Waals surface area (Å²) in [6.07, 6.45) is 14.3. The van der Waals surface area contributed by atoms with Crippen LogP contribution in [0, 0.1) is 11.8 Å². The van der Waals surface area contributed by atoms with Gasteiger partial charge in [0, 0.05) is 16.7 Å². The van der Waals surface area contributed by atoms with Crippen LogP contribution in [0.5, 0.6) is 0 Å². The molecular formula is C28H46O6. The molecule has 0 heterocycles. The first-order chi connectivity index (χ1) is 16.1. The Kier molecular flexibility index (Phi) is 16.8. The Labute approximate surface area is 205 Å². The zero-order valence-corrected chi connectivity index (χ0v) is 21.7. The van der Waals surface area contributed by atoms with Gasteiger partial charge in [0.05, 0.1) is 0 Å². The number of rotatable bonds is 14. The maximum atomic E-state index is 11.4. The van der Waals surface area contributed by atoms with Gasteiger partial charge in [0.2, 0.25) is 0 Å². The average Bonchev–Trinajstić information content (AvgIpc) is 2.81. The first kappa shape index (κ1) is 31.6. The molecule has 1 unspecified atom stereocenters. The van der Waals surface area contributed by atoms with Crippen molar-refractivity contribution in [2.45, 2.75) is 111 Å². The highest BCUT2D eigenvalue weighted by Crippen LogP contribution is 2.33. The van der Waals surface area contributed by atoms with Gasteiger partial charge in [0.25, 0.3) is 0 Å². The van der Waals surface area contributed by atoms with Crippen molar-refractivity contribution < 1.29 is 29.7 Å². The van der Waals surface area contributed by atoms with E-state index >= 15 is 0 Å². The lowest BCUT2D eigenvalue weighted by Crippen LogP contribution is -2.14. The SMILES string of the molecule is C=C(CC(CC)CCCC)C(=O)O.CCCCC(=CC(=C(C)C(=O)O)C1CCCCC1)C(=O)O. The molecule has 1 atom stereocenters. The number of allylic oxidation sites excluding steroid dienone is 2. The molecule has 1 rings (SSSR count). The third-order valence-corrected chi connectivity index (χ3v) is 6.58. The molecule has 0 aliphatic heterocycles. The second-order valence-electron chi connectivity index (χ2n) is 9.33. The molecule has 194 valence electrons. The highest BCUT2D eigenvalue weighted by Gasteiger charge is 2.22. The lowest BCUT2D eigenvalue weighted by Gasteiger charge is -2.24. The number of carbonyl (C=O) groups is 3. The lowest BCUT2D eigenvalue weighted by molar-refractivity contribution is -0.133. The predicted molar refractivity (Wildman–Crippen MR) is 137 cm³/mol. The molecule has 1 aliphatic rings. The van der Waals surface area contributed by atoms with Crippen molar-refractivity contribution in [3.05, 3.63) is 34.9 Å². The number of hydrogen-bond donors (Lipinski definition) is 3. The van der Waals surface area contributed by atoms with Gasteiger partial charge in [0.15, 0.2) is 0 Å². The molecule has 0 aromatic rings. The first-order valence-corrected chi connectivity index (χ1v) is 12.9. The van der Waals surface area contributed by atoms with Crippen LogP contribution in [0.4, 0.5) is 0 Å². The zero-order valence-electron chi connectivity index (χ0n) is 21.7. The minimum Gasteiger partial charge on any atom is -0.478 e. The molecule has 0 aromatic heterocycles. The molecule has 6 heteroatoms. The van der Waals surface area contributed by atoms with Crippen LogP contribution in [0.3, 0.4) is 0 Å². The molecule has 0 bridgehead atoms. The Morgan fingerprint density at radius 3 is 1.94 bits per heavy atom. The third kappa shape index (κ3) is 12.8. The number of aliphatic carboxylic acids is 3. The van der Waals surface area contributed by atoms with Crippen LogP contribution in [-0.4, -0.2) is 33.2 Å². The van der Waals surface area contributed by atoms with Gasteiger partial charge in [-0.15, -0.1) is 0 Å². The molecule has 0 amide bonds. The maximum absolute atomic E-state index is 11.4. The Hall–Kier alpha value is -2.37. The standard InChI is InChI=1S/C17H26O4.C11H20O2/c1-3-4-8-14(17(20)21)11-15(12(2)16(18)19)13-9-6-5-7-10-13;1-4-6-7-10(5-2)8-9(3)11(12)13/h11,13H,3-10H2,1-2H3,(H,18,19)(H,20,21);10H,3-8H2,1-2H3,(H,12,13). The lowest BCUT2D eigenvalue weighted by atomic mass is 9.81. The smallest absolute Gasteiger partial charge is 0.331 e. The summed E-state index contributed by atoms with van der Waals surface area (Å²) in [5, 5.41) is 27.3. The van der Waals surface area contributed by atoms with E-state index in [0.29, 0.717) is 29.9 Å². The van der Waals surface area contributed by atoms with Crippen molar-refractivity contribution in [2.75, 3.05) is 0 Å². The van der Waals surface area contributed by atoms with Gasteiger partial charge in [-0.25, -0.2) is 14.4 Å².